The minimum absolute atomic E-state index is 0.0584. The fourth-order valence-corrected chi connectivity index (χ4v) is 2.86. The molecule has 1 aromatic heterocycles. The lowest BCUT2D eigenvalue weighted by Gasteiger charge is -2.08. The lowest BCUT2D eigenvalue weighted by molar-refractivity contribution is 0.182. The van der Waals surface area contributed by atoms with Gasteiger partial charge in [0.25, 0.3) is 0 Å². The van der Waals surface area contributed by atoms with Gasteiger partial charge < -0.3 is 9.84 Å². The van der Waals surface area contributed by atoms with Gasteiger partial charge in [0, 0.05) is 18.9 Å². The number of phenols is 1. The van der Waals surface area contributed by atoms with E-state index in [9.17, 15) is 5.11 Å². The van der Waals surface area contributed by atoms with Crippen molar-refractivity contribution in [3.63, 3.8) is 0 Å². The maximum Gasteiger partial charge on any atom is 0.181 e. The number of nitrogens with one attached hydrogen (secondary N) is 1. The second kappa shape index (κ2) is 5.90. The quantitative estimate of drug-likeness (QED) is 0.774. The summed E-state index contributed by atoms with van der Waals surface area (Å²) in [5.74, 6) is 1.29. The van der Waals surface area contributed by atoms with E-state index in [0.717, 1.165) is 16.7 Å². The van der Waals surface area contributed by atoms with Crippen molar-refractivity contribution in [3.05, 3.63) is 53.6 Å². The molecule has 4 rings (SSSR count). The van der Waals surface area contributed by atoms with Crippen molar-refractivity contribution in [1.29, 1.82) is 0 Å². The van der Waals surface area contributed by atoms with Gasteiger partial charge in [-0.2, -0.15) is 5.10 Å². The summed E-state index contributed by atoms with van der Waals surface area (Å²) in [6, 6.07) is 13.1. The Bertz CT molecular complexity index is 917. The maximum atomic E-state index is 9.93. The molecule has 0 amide bonds. The van der Waals surface area contributed by atoms with Crippen LogP contribution >= 0.6 is 0 Å². The molecule has 3 aromatic rings. The van der Waals surface area contributed by atoms with Crippen LogP contribution in [0.1, 0.15) is 17.2 Å². The summed E-state index contributed by atoms with van der Waals surface area (Å²) in [5.41, 5.74) is 3.73. The van der Waals surface area contributed by atoms with Gasteiger partial charge in [0.1, 0.15) is 5.75 Å². The van der Waals surface area contributed by atoms with Crippen LogP contribution in [-0.4, -0.2) is 40.2 Å². The average molecular weight is 320 g/mol. The first kappa shape index (κ1) is 14.6. The van der Waals surface area contributed by atoms with Crippen molar-refractivity contribution < 1.29 is 9.84 Å². The number of benzene rings is 2. The molecular weight excluding hydrogens is 304 g/mol. The van der Waals surface area contributed by atoms with E-state index in [1.165, 1.54) is 0 Å². The Labute approximate surface area is 138 Å². The summed E-state index contributed by atoms with van der Waals surface area (Å²) >= 11 is 0. The largest absolute Gasteiger partial charge is 0.507 e. The zero-order valence-electron chi connectivity index (χ0n) is 13.1. The normalized spacial score (nSPS) is 15.6. The van der Waals surface area contributed by atoms with Gasteiger partial charge in [-0.05, 0) is 29.3 Å². The smallest absolute Gasteiger partial charge is 0.181 e. The molecule has 120 valence electrons. The lowest BCUT2D eigenvalue weighted by atomic mass is 10.0. The number of hydrogen-bond acceptors (Lipinski definition) is 5. The molecule has 1 aliphatic heterocycles. The standard InChI is InChI=1S/C18H16N4O2/c1-24-10-15-13-7-6-11(8-12(13)9-19-15)17-20-18(22-21-17)14-4-2-3-5-16(14)23/h2-9,15,23H,10H2,1H3,(H,20,21,22). The van der Waals surface area contributed by atoms with Crippen LogP contribution in [0.2, 0.25) is 0 Å². The first-order chi connectivity index (χ1) is 11.8. The van der Waals surface area contributed by atoms with Crippen LogP contribution < -0.4 is 0 Å². The van der Waals surface area contributed by atoms with Crippen molar-refractivity contribution >= 4 is 6.21 Å². The molecule has 0 saturated carbocycles. The molecule has 1 aliphatic rings. The molecule has 0 spiro atoms. The molecule has 2 aromatic carbocycles. The fraction of sp³-hybridized carbons (Fsp3) is 0.167. The molecule has 1 atom stereocenters. The van der Waals surface area contributed by atoms with Crippen LogP contribution in [0.3, 0.4) is 0 Å². The van der Waals surface area contributed by atoms with Crippen LogP contribution in [0.4, 0.5) is 0 Å². The number of aliphatic imine (C=N–C) groups is 1. The minimum Gasteiger partial charge on any atom is -0.507 e. The Morgan fingerprint density at radius 2 is 2.08 bits per heavy atom. The maximum absolute atomic E-state index is 9.93. The topological polar surface area (TPSA) is 83.4 Å². The summed E-state index contributed by atoms with van der Waals surface area (Å²) in [6.45, 7) is 0.570. The van der Waals surface area contributed by atoms with Crippen LogP contribution in [0, 0.1) is 0 Å². The molecule has 0 radical (unpaired) electrons. The fourth-order valence-electron chi connectivity index (χ4n) is 2.86. The zero-order valence-corrected chi connectivity index (χ0v) is 13.1. The van der Waals surface area contributed by atoms with Gasteiger partial charge in [0.05, 0.1) is 18.2 Å². The number of aromatic nitrogens is 3. The van der Waals surface area contributed by atoms with E-state index in [1.54, 1.807) is 25.3 Å². The highest BCUT2D eigenvalue weighted by Crippen LogP contribution is 2.31. The van der Waals surface area contributed by atoms with Crippen molar-refractivity contribution in [2.24, 2.45) is 4.99 Å². The number of fused-ring (bicyclic) bond motifs is 1. The van der Waals surface area contributed by atoms with Gasteiger partial charge in [-0.25, -0.2) is 4.98 Å². The second-order valence-corrected chi connectivity index (χ2v) is 5.62. The van der Waals surface area contributed by atoms with Gasteiger partial charge in [0.15, 0.2) is 11.6 Å². The van der Waals surface area contributed by atoms with Crippen LogP contribution in [-0.2, 0) is 4.74 Å². The number of ether oxygens (including phenoxy) is 1. The molecule has 0 bridgehead atoms. The Hall–Kier alpha value is -2.99. The summed E-state index contributed by atoms with van der Waals surface area (Å²) in [7, 11) is 1.68. The van der Waals surface area contributed by atoms with Crippen molar-refractivity contribution in [2.45, 2.75) is 6.04 Å². The molecule has 6 nitrogen and oxygen atoms in total. The van der Waals surface area contributed by atoms with E-state index in [2.05, 4.69) is 20.2 Å². The van der Waals surface area contributed by atoms with E-state index in [4.69, 9.17) is 4.74 Å². The summed E-state index contributed by atoms with van der Waals surface area (Å²) < 4.78 is 5.19. The van der Waals surface area contributed by atoms with E-state index in [0.29, 0.717) is 23.8 Å². The van der Waals surface area contributed by atoms with Gasteiger partial charge in [-0.15, -0.1) is 0 Å². The number of aromatic amines is 1. The van der Waals surface area contributed by atoms with Crippen LogP contribution in [0.25, 0.3) is 22.8 Å². The number of methoxy groups -OCH3 is 1. The van der Waals surface area contributed by atoms with Crippen molar-refractivity contribution in [3.8, 4) is 28.5 Å². The third-order valence-electron chi connectivity index (χ3n) is 4.07. The lowest BCUT2D eigenvalue weighted by Crippen LogP contribution is -2.01. The average Bonchev–Trinajstić information content (AvgIpc) is 3.23. The molecule has 1 unspecified atom stereocenters. The van der Waals surface area contributed by atoms with E-state index >= 15 is 0 Å². The predicted molar refractivity (Wildman–Crippen MR) is 91.1 cm³/mol. The van der Waals surface area contributed by atoms with Crippen molar-refractivity contribution in [1.82, 2.24) is 15.2 Å². The zero-order chi connectivity index (χ0) is 16.5. The van der Waals surface area contributed by atoms with Gasteiger partial charge in [-0.3, -0.25) is 10.1 Å². The van der Waals surface area contributed by atoms with Crippen molar-refractivity contribution in [2.75, 3.05) is 13.7 Å². The molecule has 24 heavy (non-hydrogen) atoms. The monoisotopic (exact) mass is 320 g/mol. The van der Waals surface area contributed by atoms with Gasteiger partial charge in [0.2, 0.25) is 0 Å². The van der Waals surface area contributed by atoms with Crippen LogP contribution in [0.15, 0.2) is 47.5 Å². The van der Waals surface area contributed by atoms with E-state index in [-0.39, 0.29) is 11.8 Å². The number of nitrogens with zero attached hydrogens (tertiary/aromatic N) is 3. The number of rotatable bonds is 4. The third kappa shape index (κ3) is 2.47. The summed E-state index contributed by atoms with van der Waals surface area (Å²) in [5, 5.41) is 17.1. The summed E-state index contributed by atoms with van der Waals surface area (Å²) in [6.07, 6.45) is 1.86. The number of para-hydroxylation sites is 1. The first-order valence-corrected chi connectivity index (χ1v) is 7.63. The molecule has 2 N–H and O–H groups in total. The Morgan fingerprint density at radius 3 is 2.92 bits per heavy atom. The third-order valence-corrected chi connectivity index (χ3v) is 4.07. The second-order valence-electron chi connectivity index (χ2n) is 5.62. The predicted octanol–water partition coefficient (Wildman–Crippen LogP) is 2.96. The molecule has 6 heteroatoms. The molecule has 0 saturated heterocycles. The Morgan fingerprint density at radius 1 is 1.21 bits per heavy atom. The number of hydrogen-bond donors (Lipinski definition) is 2. The van der Waals surface area contributed by atoms with Gasteiger partial charge in [-0.1, -0.05) is 24.3 Å². The number of H-pyrrole nitrogens is 1. The highest BCUT2D eigenvalue weighted by atomic mass is 16.5. The first-order valence-electron chi connectivity index (χ1n) is 7.63. The Balaban J connectivity index is 1.67. The highest BCUT2D eigenvalue weighted by molar-refractivity contribution is 5.87. The number of aromatic hydroxyl groups is 1. The Kier molecular flexibility index (Phi) is 3.59. The number of phenolic OH excluding ortho intramolecular Hbond substituents is 1. The van der Waals surface area contributed by atoms with Gasteiger partial charge >= 0.3 is 0 Å². The SMILES string of the molecule is COCC1N=Cc2cc(-c3n[nH]c(-c4ccccc4O)n3)ccc21. The molecule has 2 heterocycles. The van der Waals surface area contributed by atoms with E-state index < -0.39 is 0 Å². The minimum atomic E-state index is 0.0584. The highest BCUT2D eigenvalue weighted by Gasteiger charge is 2.20. The van der Waals surface area contributed by atoms with E-state index in [1.807, 2.05) is 30.5 Å². The van der Waals surface area contributed by atoms with Crippen LogP contribution in [0.5, 0.6) is 5.75 Å². The summed E-state index contributed by atoms with van der Waals surface area (Å²) in [4.78, 5) is 8.96. The molecule has 0 fully saturated rings. The molecule has 0 aliphatic carbocycles. The molecular formula is C18H16N4O2.